The fourth-order valence-corrected chi connectivity index (χ4v) is 1.45. The van der Waals surface area contributed by atoms with Crippen molar-refractivity contribution >= 4 is 11.9 Å². The van der Waals surface area contributed by atoms with Gasteiger partial charge in [0.15, 0.2) is 5.78 Å². The number of carbonyl (C=O) groups is 1. The molecule has 0 radical (unpaired) electrons. The average Bonchev–Trinajstić information content (AvgIpc) is 2.72. The lowest BCUT2D eigenvalue weighted by atomic mass is 10.1. The Bertz CT molecular complexity index is 570. The summed E-state index contributed by atoms with van der Waals surface area (Å²) in [6, 6.07) is 6.27. The molecule has 0 atom stereocenters. The smallest absolute Gasteiger partial charge is 0.185 e. The Hall–Kier alpha value is -2.36. The van der Waals surface area contributed by atoms with Gasteiger partial charge in [0, 0.05) is 24.4 Å². The topological polar surface area (TPSA) is 55.1 Å². The molecule has 1 aromatic carbocycles. The molecule has 0 aliphatic heterocycles. The van der Waals surface area contributed by atoms with Crippen LogP contribution in [0.15, 0.2) is 42.7 Å². The Morgan fingerprint density at radius 1 is 1.47 bits per heavy atom. The molecule has 0 unspecified atom stereocenters. The summed E-state index contributed by atoms with van der Waals surface area (Å²) in [6.07, 6.45) is 6.64. The Morgan fingerprint density at radius 3 is 2.94 bits per heavy atom. The highest BCUT2D eigenvalue weighted by Crippen LogP contribution is 2.12. The number of aromatic nitrogens is 2. The summed E-state index contributed by atoms with van der Waals surface area (Å²) < 4.78 is 1.67. The van der Waals surface area contributed by atoms with E-state index in [1.165, 1.54) is 18.2 Å². The summed E-state index contributed by atoms with van der Waals surface area (Å²) in [5.41, 5.74) is 1.33. The SMILES string of the molecule is Cn1cc(/C=C/C(=O)c2cccc(O)c2)cn1. The highest BCUT2D eigenvalue weighted by Gasteiger charge is 2.02. The molecular formula is C13H12N2O2. The van der Waals surface area contributed by atoms with Gasteiger partial charge in [0.25, 0.3) is 0 Å². The Balaban J connectivity index is 2.14. The Kier molecular flexibility index (Phi) is 3.05. The van der Waals surface area contributed by atoms with Crippen LogP contribution in [-0.2, 0) is 7.05 Å². The van der Waals surface area contributed by atoms with Crippen molar-refractivity contribution in [1.29, 1.82) is 0 Å². The van der Waals surface area contributed by atoms with Crippen molar-refractivity contribution in [2.24, 2.45) is 7.05 Å². The molecule has 17 heavy (non-hydrogen) atoms. The second-order valence-electron chi connectivity index (χ2n) is 3.70. The van der Waals surface area contributed by atoms with E-state index >= 15 is 0 Å². The molecule has 1 N–H and O–H groups in total. The molecule has 2 rings (SSSR count). The standard InChI is InChI=1S/C13H12N2O2/c1-15-9-10(8-14-15)5-6-13(17)11-3-2-4-12(16)7-11/h2-9,16H,1H3/b6-5+. The molecule has 1 aromatic heterocycles. The number of rotatable bonds is 3. The number of benzene rings is 1. The third-order valence-electron chi connectivity index (χ3n) is 2.28. The van der Waals surface area contributed by atoms with E-state index in [2.05, 4.69) is 5.10 Å². The van der Waals surface area contributed by atoms with E-state index in [1.54, 1.807) is 29.1 Å². The van der Waals surface area contributed by atoms with Crippen LogP contribution in [0.2, 0.25) is 0 Å². The van der Waals surface area contributed by atoms with E-state index in [9.17, 15) is 9.90 Å². The molecule has 0 bridgehead atoms. The molecule has 0 saturated carbocycles. The van der Waals surface area contributed by atoms with Crippen molar-refractivity contribution in [3.05, 3.63) is 53.9 Å². The molecular weight excluding hydrogens is 216 g/mol. The molecule has 0 saturated heterocycles. The number of hydrogen-bond acceptors (Lipinski definition) is 3. The molecule has 4 heteroatoms. The average molecular weight is 228 g/mol. The first-order valence-corrected chi connectivity index (χ1v) is 5.15. The largest absolute Gasteiger partial charge is 0.508 e. The maximum Gasteiger partial charge on any atom is 0.185 e. The van der Waals surface area contributed by atoms with Crippen LogP contribution in [0.25, 0.3) is 6.08 Å². The lowest BCUT2D eigenvalue weighted by molar-refractivity contribution is 0.104. The van der Waals surface area contributed by atoms with E-state index in [4.69, 9.17) is 0 Å². The first-order chi connectivity index (χ1) is 8.15. The third kappa shape index (κ3) is 2.81. The zero-order valence-electron chi connectivity index (χ0n) is 9.37. The zero-order valence-corrected chi connectivity index (χ0v) is 9.37. The van der Waals surface area contributed by atoms with Crippen molar-refractivity contribution in [3.8, 4) is 5.75 Å². The van der Waals surface area contributed by atoms with Crippen LogP contribution in [-0.4, -0.2) is 20.7 Å². The third-order valence-corrected chi connectivity index (χ3v) is 2.28. The summed E-state index contributed by atoms with van der Waals surface area (Å²) in [5.74, 6) is -0.0598. The van der Waals surface area contributed by atoms with Crippen LogP contribution >= 0.6 is 0 Å². The minimum atomic E-state index is -0.148. The van der Waals surface area contributed by atoms with Crippen molar-refractivity contribution in [1.82, 2.24) is 9.78 Å². The van der Waals surface area contributed by atoms with Gasteiger partial charge in [0.2, 0.25) is 0 Å². The minimum Gasteiger partial charge on any atom is -0.508 e. The van der Waals surface area contributed by atoms with E-state index < -0.39 is 0 Å². The van der Waals surface area contributed by atoms with E-state index in [0.717, 1.165) is 5.56 Å². The lowest BCUT2D eigenvalue weighted by Crippen LogP contribution is -1.92. The summed E-state index contributed by atoms with van der Waals surface area (Å²) in [4.78, 5) is 11.8. The Morgan fingerprint density at radius 2 is 2.29 bits per heavy atom. The number of nitrogens with zero attached hydrogens (tertiary/aromatic N) is 2. The normalized spacial score (nSPS) is 10.9. The fourth-order valence-electron chi connectivity index (χ4n) is 1.45. The number of aromatic hydroxyl groups is 1. The predicted molar refractivity (Wildman–Crippen MR) is 64.7 cm³/mol. The van der Waals surface area contributed by atoms with Gasteiger partial charge in [-0.25, -0.2) is 0 Å². The summed E-state index contributed by atoms with van der Waals surface area (Å²) in [7, 11) is 1.81. The number of allylic oxidation sites excluding steroid dienone is 1. The lowest BCUT2D eigenvalue weighted by Gasteiger charge is -1.96. The maximum absolute atomic E-state index is 11.8. The van der Waals surface area contributed by atoms with Crippen LogP contribution in [0.1, 0.15) is 15.9 Å². The number of aryl methyl sites for hydroxylation is 1. The molecule has 86 valence electrons. The first kappa shape index (κ1) is 11.1. The number of carbonyl (C=O) groups excluding carboxylic acids is 1. The summed E-state index contributed by atoms with van der Waals surface area (Å²) in [6.45, 7) is 0. The number of ketones is 1. The van der Waals surface area contributed by atoms with Gasteiger partial charge >= 0.3 is 0 Å². The number of phenolic OH excluding ortho intramolecular Hbond substituents is 1. The van der Waals surface area contributed by atoms with Gasteiger partial charge in [0.05, 0.1) is 6.20 Å². The zero-order chi connectivity index (χ0) is 12.3. The molecule has 0 fully saturated rings. The first-order valence-electron chi connectivity index (χ1n) is 5.15. The summed E-state index contributed by atoms with van der Waals surface area (Å²) >= 11 is 0. The number of hydrogen-bond donors (Lipinski definition) is 1. The molecule has 0 spiro atoms. The van der Waals surface area contributed by atoms with Gasteiger partial charge in [-0.1, -0.05) is 12.1 Å². The van der Waals surface area contributed by atoms with Crippen LogP contribution in [0.5, 0.6) is 5.75 Å². The van der Waals surface area contributed by atoms with Crippen molar-refractivity contribution in [2.75, 3.05) is 0 Å². The fraction of sp³-hybridized carbons (Fsp3) is 0.0769. The van der Waals surface area contributed by atoms with Gasteiger partial charge in [-0.3, -0.25) is 9.48 Å². The van der Waals surface area contributed by atoms with Crippen LogP contribution in [0.3, 0.4) is 0 Å². The number of phenols is 1. The van der Waals surface area contributed by atoms with Crippen molar-refractivity contribution in [3.63, 3.8) is 0 Å². The minimum absolute atomic E-state index is 0.0885. The molecule has 0 amide bonds. The van der Waals surface area contributed by atoms with Gasteiger partial charge in [0.1, 0.15) is 5.75 Å². The maximum atomic E-state index is 11.8. The Labute approximate surface area is 98.8 Å². The molecule has 2 aromatic rings. The quantitative estimate of drug-likeness (QED) is 0.646. The van der Waals surface area contributed by atoms with Crippen LogP contribution in [0.4, 0.5) is 0 Å². The van der Waals surface area contributed by atoms with Gasteiger partial charge in [-0.2, -0.15) is 5.10 Å². The molecule has 1 heterocycles. The summed E-state index contributed by atoms with van der Waals surface area (Å²) in [5, 5.41) is 13.3. The van der Waals surface area contributed by atoms with E-state index in [0.29, 0.717) is 5.56 Å². The van der Waals surface area contributed by atoms with Crippen LogP contribution < -0.4 is 0 Å². The van der Waals surface area contributed by atoms with Crippen molar-refractivity contribution in [2.45, 2.75) is 0 Å². The van der Waals surface area contributed by atoms with Crippen LogP contribution in [0, 0.1) is 0 Å². The highest BCUT2D eigenvalue weighted by molar-refractivity contribution is 6.06. The van der Waals surface area contributed by atoms with Gasteiger partial charge < -0.3 is 5.11 Å². The van der Waals surface area contributed by atoms with Gasteiger partial charge in [-0.15, -0.1) is 0 Å². The monoisotopic (exact) mass is 228 g/mol. The molecule has 4 nitrogen and oxygen atoms in total. The van der Waals surface area contributed by atoms with Crippen molar-refractivity contribution < 1.29 is 9.90 Å². The second-order valence-corrected chi connectivity index (χ2v) is 3.70. The van der Waals surface area contributed by atoms with E-state index in [1.807, 2.05) is 13.2 Å². The second kappa shape index (κ2) is 4.65. The molecule has 0 aliphatic rings. The highest BCUT2D eigenvalue weighted by atomic mass is 16.3. The molecule has 0 aliphatic carbocycles. The van der Waals surface area contributed by atoms with E-state index in [-0.39, 0.29) is 11.5 Å². The van der Waals surface area contributed by atoms with Gasteiger partial charge in [-0.05, 0) is 24.3 Å². The predicted octanol–water partition coefficient (Wildman–Crippen LogP) is 2.02.